The number of rotatable bonds is 4. The zero-order chi connectivity index (χ0) is 15.5. The summed E-state index contributed by atoms with van der Waals surface area (Å²) in [5.74, 6) is 0.894. The van der Waals surface area contributed by atoms with Crippen LogP contribution in [0.15, 0.2) is 36.7 Å². The summed E-state index contributed by atoms with van der Waals surface area (Å²) in [5, 5.41) is 4.15. The van der Waals surface area contributed by atoms with Crippen molar-refractivity contribution >= 4 is 5.91 Å². The summed E-state index contributed by atoms with van der Waals surface area (Å²) in [6.45, 7) is 3.23. The van der Waals surface area contributed by atoms with Gasteiger partial charge in [0.2, 0.25) is 0 Å². The number of hydrogen-bond acceptors (Lipinski definition) is 3. The monoisotopic (exact) mass is 299 g/mol. The van der Waals surface area contributed by atoms with Crippen LogP contribution >= 0.6 is 0 Å². The molecule has 0 saturated carbocycles. The van der Waals surface area contributed by atoms with Crippen LogP contribution in [0.2, 0.25) is 0 Å². The predicted octanol–water partition coefficient (Wildman–Crippen LogP) is 2.16. The standard InChI is InChI=1S/C17H21N3O2/c1-3-20(12-13-10-18-19(2)11-13)17(21)16-9-8-14-6-4-5-7-15(14)22-16/h4-7,10-11,16H,3,8-9,12H2,1-2H3. The van der Waals surface area contributed by atoms with Gasteiger partial charge in [0.25, 0.3) is 5.91 Å². The summed E-state index contributed by atoms with van der Waals surface area (Å²) in [4.78, 5) is 14.6. The van der Waals surface area contributed by atoms with Gasteiger partial charge in [-0.3, -0.25) is 9.48 Å². The Morgan fingerprint density at radius 1 is 1.45 bits per heavy atom. The van der Waals surface area contributed by atoms with Crippen molar-refractivity contribution < 1.29 is 9.53 Å². The predicted molar refractivity (Wildman–Crippen MR) is 83.5 cm³/mol. The number of carbonyl (C=O) groups excluding carboxylic acids is 1. The maximum absolute atomic E-state index is 12.7. The number of nitrogens with zero attached hydrogens (tertiary/aromatic N) is 3. The van der Waals surface area contributed by atoms with Crippen molar-refractivity contribution in [2.24, 2.45) is 7.05 Å². The molecule has 0 fully saturated rings. The van der Waals surface area contributed by atoms with Crippen LogP contribution in [0.5, 0.6) is 5.75 Å². The van der Waals surface area contributed by atoms with Gasteiger partial charge in [-0.25, -0.2) is 0 Å². The van der Waals surface area contributed by atoms with Crippen LogP contribution in [0.25, 0.3) is 0 Å². The van der Waals surface area contributed by atoms with E-state index in [2.05, 4.69) is 11.2 Å². The zero-order valence-corrected chi connectivity index (χ0v) is 13.0. The van der Waals surface area contributed by atoms with Crippen LogP contribution < -0.4 is 4.74 Å². The SMILES string of the molecule is CCN(Cc1cnn(C)c1)C(=O)C1CCc2ccccc2O1. The molecule has 1 aromatic carbocycles. The Morgan fingerprint density at radius 2 is 2.27 bits per heavy atom. The molecule has 1 atom stereocenters. The van der Waals surface area contributed by atoms with Gasteiger partial charge in [-0.2, -0.15) is 5.10 Å². The second-order valence-electron chi connectivity index (χ2n) is 5.63. The molecule has 2 heterocycles. The molecule has 2 aromatic rings. The van der Waals surface area contributed by atoms with Crippen LogP contribution in [0.1, 0.15) is 24.5 Å². The van der Waals surface area contributed by atoms with Gasteiger partial charge in [0.05, 0.1) is 6.20 Å². The summed E-state index contributed by atoms with van der Waals surface area (Å²) in [6.07, 6.45) is 4.97. The Labute approximate surface area is 130 Å². The second-order valence-corrected chi connectivity index (χ2v) is 5.63. The van der Waals surface area contributed by atoms with Crippen LogP contribution in [0.3, 0.4) is 0 Å². The lowest BCUT2D eigenvalue weighted by Gasteiger charge is -2.30. The minimum Gasteiger partial charge on any atom is -0.480 e. The lowest BCUT2D eigenvalue weighted by atomic mass is 10.0. The molecule has 0 saturated heterocycles. The zero-order valence-electron chi connectivity index (χ0n) is 13.0. The van der Waals surface area contributed by atoms with Crippen molar-refractivity contribution in [3.05, 3.63) is 47.8 Å². The van der Waals surface area contributed by atoms with E-state index in [1.54, 1.807) is 10.9 Å². The first-order valence-corrected chi connectivity index (χ1v) is 7.68. The number of carbonyl (C=O) groups is 1. The van der Waals surface area contributed by atoms with Gasteiger partial charge in [0.1, 0.15) is 5.75 Å². The van der Waals surface area contributed by atoms with E-state index in [-0.39, 0.29) is 12.0 Å². The molecule has 0 radical (unpaired) electrons. The first kappa shape index (κ1) is 14.6. The van der Waals surface area contributed by atoms with E-state index in [0.29, 0.717) is 13.1 Å². The summed E-state index contributed by atoms with van der Waals surface area (Å²) in [6, 6.07) is 7.94. The molecule has 5 nitrogen and oxygen atoms in total. The van der Waals surface area contributed by atoms with Crippen molar-refractivity contribution in [3.8, 4) is 5.75 Å². The fourth-order valence-electron chi connectivity index (χ4n) is 2.82. The third kappa shape index (κ3) is 2.98. The fraction of sp³-hybridized carbons (Fsp3) is 0.412. The Morgan fingerprint density at radius 3 is 3.00 bits per heavy atom. The summed E-state index contributed by atoms with van der Waals surface area (Å²) >= 11 is 0. The van der Waals surface area contributed by atoms with Gasteiger partial charge >= 0.3 is 0 Å². The number of amides is 1. The average Bonchev–Trinajstić information content (AvgIpc) is 2.96. The smallest absolute Gasteiger partial charge is 0.263 e. The lowest BCUT2D eigenvalue weighted by Crippen LogP contribution is -2.43. The maximum Gasteiger partial charge on any atom is 0.263 e. The van der Waals surface area contributed by atoms with Crippen molar-refractivity contribution in [3.63, 3.8) is 0 Å². The molecule has 116 valence electrons. The summed E-state index contributed by atoms with van der Waals surface area (Å²) < 4.78 is 7.66. The minimum absolute atomic E-state index is 0.0563. The number of fused-ring (bicyclic) bond motifs is 1. The van der Waals surface area contributed by atoms with Crippen molar-refractivity contribution in [1.29, 1.82) is 0 Å². The number of para-hydroxylation sites is 1. The first-order valence-electron chi connectivity index (χ1n) is 7.68. The quantitative estimate of drug-likeness (QED) is 0.869. The van der Waals surface area contributed by atoms with E-state index in [1.807, 2.05) is 43.3 Å². The topological polar surface area (TPSA) is 47.4 Å². The van der Waals surface area contributed by atoms with Gasteiger partial charge in [-0.1, -0.05) is 18.2 Å². The number of likely N-dealkylation sites (N-methyl/N-ethyl adjacent to an activating group) is 1. The molecular weight excluding hydrogens is 278 g/mol. The summed E-state index contributed by atoms with van der Waals surface area (Å²) in [5.41, 5.74) is 2.22. The van der Waals surface area contributed by atoms with Crippen LogP contribution in [-0.2, 0) is 24.8 Å². The number of aromatic nitrogens is 2. The van der Waals surface area contributed by atoms with Crippen LogP contribution in [0, 0.1) is 0 Å². The van der Waals surface area contributed by atoms with E-state index in [1.165, 1.54) is 5.56 Å². The fourth-order valence-corrected chi connectivity index (χ4v) is 2.82. The molecule has 1 unspecified atom stereocenters. The van der Waals surface area contributed by atoms with Crippen molar-refractivity contribution in [2.75, 3.05) is 6.54 Å². The molecule has 0 spiro atoms. The largest absolute Gasteiger partial charge is 0.480 e. The third-order valence-electron chi connectivity index (χ3n) is 4.02. The molecule has 3 rings (SSSR count). The van der Waals surface area contributed by atoms with Crippen molar-refractivity contribution in [1.82, 2.24) is 14.7 Å². The number of benzene rings is 1. The van der Waals surface area contributed by atoms with E-state index < -0.39 is 0 Å². The summed E-state index contributed by atoms with van der Waals surface area (Å²) in [7, 11) is 1.88. The third-order valence-corrected chi connectivity index (χ3v) is 4.02. The van der Waals surface area contributed by atoms with E-state index in [0.717, 1.165) is 24.2 Å². The Kier molecular flexibility index (Phi) is 4.13. The van der Waals surface area contributed by atoms with Gasteiger partial charge in [-0.15, -0.1) is 0 Å². The molecule has 0 aliphatic carbocycles. The van der Waals surface area contributed by atoms with Crippen molar-refractivity contribution in [2.45, 2.75) is 32.4 Å². The molecular formula is C17H21N3O2. The highest BCUT2D eigenvalue weighted by Crippen LogP contribution is 2.28. The van der Waals surface area contributed by atoms with E-state index in [9.17, 15) is 4.79 Å². The van der Waals surface area contributed by atoms with Crippen LogP contribution in [-0.4, -0.2) is 33.2 Å². The highest BCUT2D eigenvalue weighted by Gasteiger charge is 2.29. The Bertz CT molecular complexity index is 665. The molecule has 1 aromatic heterocycles. The number of ether oxygens (including phenoxy) is 1. The molecule has 1 aliphatic heterocycles. The van der Waals surface area contributed by atoms with Gasteiger partial charge in [0.15, 0.2) is 6.10 Å². The molecule has 0 bridgehead atoms. The maximum atomic E-state index is 12.7. The minimum atomic E-state index is -0.383. The lowest BCUT2D eigenvalue weighted by molar-refractivity contribution is -0.139. The molecule has 1 amide bonds. The molecule has 0 N–H and O–H groups in total. The number of aryl methyl sites for hydroxylation is 2. The molecule has 1 aliphatic rings. The Balaban J connectivity index is 1.69. The van der Waals surface area contributed by atoms with E-state index in [4.69, 9.17) is 4.74 Å². The first-order chi connectivity index (χ1) is 10.7. The highest BCUT2D eigenvalue weighted by atomic mass is 16.5. The number of hydrogen-bond donors (Lipinski definition) is 0. The highest BCUT2D eigenvalue weighted by molar-refractivity contribution is 5.81. The average molecular weight is 299 g/mol. The van der Waals surface area contributed by atoms with Gasteiger partial charge in [0, 0.05) is 31.9 Å². The van der Waals surface area contributed by atoms with Gasteiger partial charge in [-0.05, 0) is 31.4 Å². The van der Waals surface area contributed by atoms with E-state index >= 15 is 0 Å². The molecule has 5 heteroatoms. The van der Waals surface area contributed by atoms with Crippen LogP contribution in [0.4, 0.5) is 0 Å². The molecule has 22 heavy (non-hydrogen) atoms. The Hall–Kier alpha value is -2.30. The second kappa shape index (κ2) is 6.22. The normalized spacial score (nSPS) is 16.7. The van der Waals surface area contributed by atoms with Gasteiger partial charge < -0.3 is 9.64 Å².